The van der Waals surface area contributed by atoms with Crippen molar-refractivity contribution in [1.29, 1.82) is 5.26 Å². The molecule has 0 saturated heterocycles. The molecule has 84 valence electrons. The Morgan fingerprint density at radius 1 is 1.53 bits per heavy atom. The number of amides is 1. The second kappa shape index (κ2) is 6.70. The highest BCUT2D eigenvalue weighted by Crippen LogP contribution is 2.18. The van der Waals surface area contributed by atoms with Crippen molar-refractivity contribution in [1.82, 2.24) is 5.32 Å². The Kier molecular flexibility index (Phi) is 5.51. The molecule has 4 nitrogen and oxygen atoms in total. The van der Waals surface area contributed by atoms with E-state index in [1.54, 1.807) is 0 Å². The maximum Gasteiger partial charge on any atom is 0.230 e. The van der Waals surface area contributed by atoms with Crippen LogP contribution in [0.25, 0.3) is 0 Å². The number of nitrogens with one attached hydrogen (secondary N) is 1. The zero-order chi connectivity index (χ0) is 11.1. The molecule has 0 aromatic rings. The van der Waals surface area contributed by atoms with E-state index in [0.717, 1.165) is 25.7 Å². The van der Waals surface area contributed by atoms with Gasteiger partial charge in [-0.05, 0) is 12.8 Å². The van der Waals surface area contributed by atoms with Gasteiger partial charge in [0, 0.05) is 0 Å². The van der Waals surface area contributed by atoms with Gasteiger partial charge in [-0.2, -0.15) is 5.26 Å². The fourth-order valence-electron chi connectivity index (χ4n) is 1.72. The number of carbonyl (C=O) groups is 1. The molecule has 2 unspecified atom stereocenters. The van der Waals surface area contributed by atoms with E-state index in [0.29, 0.717) is 11.5 Å². The number of thioether (sulfide) groups is 1. The van der Waals surface area contributed by atoms with Gasteiger partial charge in [0.05, 0.1) is 29.7 Å². The first-order valence-corrected chi connectivity index (χ1v) is 6.31. The first-order valence-electron chi connectivity index (χ1n) is 5.16. The Labute approximate surface area is 94.0 Å². The van der Waals surface area contributed by atoms with Crippen molar-refractivity contribution in [2.45, 2.75) is 37.8 Å². The molecule has 0 aromatic heterocycles. The monoisotopic (exact) mass is 228 g/mol. The van der Waals surface area contributed by atoms with Crippen LogP contribution in [0.15, 0.2) is 0 Å². The fraction of sp³-hybridized carbons (Fsp3) is 0.800. The molecule has 1 amide bonds. The summed E-state index contributed by atoms with van der Waals surface area (Å²) in [7, 11) is 0. The number of hydrogen-bond acceptors (Lipinski definition) is 4. The predicted octanol–water partition coefficient (Wildman–Crippen LogP) is 0.663. The van der Waals surface area contributed by atoms with Gasteiger partial charge in [0.1, 0.15) is 0 Å². The number of rotatable bonds is 4. The molecule has 0 spiro atoms. The summed E-state index contributed by atoms with van der Waals surface area (Å²) in [5, 5.41) is 20.7. The third kappa shape index (κ3) is 4.54. The molecular formula is C10H16N2O2S. The van der Waals surface area contributed by atoms with E-state index in [9.17, 15) is 9.90 Å². The van der Waals surface area contributed by atoms with E-state index in [1.807, 2.05) is 6.07 Å². The summed E-state index contributed by atoms with van der Waals surface area (Å²) in [6.07, 6.45) is 3.33. The zero-order valence-electron chi connectivity index (χ0n) is 8.61. The van der Waals surface area contributed by atoms with E-state index in [1.165, 1.54) is 11.8 Å². The van der Waals surface area contributed by atoms with E-state index in [-0.39, 0.29) is 11.9 Å². The Hall–Kier alpha value is -0.730. The summed E-state index contributed by atoms with van der Waals surface area (Å²) in [5.41, 5.74) is 0. The minimum absolute atomic E-state index is 0.0822. The molecule has 0 bridgehead atoms. The lowest BCUT2D eigenvalue weighted by molar-refractivity contribution is -0.120. The molecule has 0 aliphatic heterocycles. The molecule has 0 aromatic carbocycles. The first-order chi connectivity index (χ1) is 7.24. The number of hydrogen-bond donors (Lipinski definition) is 2. The Morgan fingerprint density at radius 3 is 2.93 bits per heavy atom. The van der Waals surface area contributed by atoms with Gasteiger partial charge < -0.3 is 10.4 Å². The summed E-state index contributed by atoms with van der Waals surface area (Å²) in [6, 6.07) is 1.88. The van der Waals surface area contributed by atoms with Gasteiger partial charge in [-0.15, -0.1) is 11.8 Å². The number of aliphatic hydroxyl groups is 1. The van der Waals surface area contributed by atoms with E-state index < -0.39 is 6.10 Å². The smallest absolute Gasteiger partial charge is 0.230 e. The Bertz CT molecular complexity index is 252. The van der Waals surface area contributed by atoms with Crippen molar-refractivity contribution >= 4 is 17.7 Å². The first kappa shape index (κ1) is 12.3. The van der Waals surface area contributed by atoms with Crippen LogP contribution in [0, 0.1) is 11.3 Å². The molecule has 5 heteroatoms. The molecule has 1 rings (SSSR count). The largest absolute Gasteiger partial charge is 0.391 e. The van der Waals surface area contributed by atoms with Crippen molar-refractivity contribution in [2.75, 3.05) is 11.5 Å². The van der Waals surface area contributed by atoms with Crippen LogP contribution in [0.1, 0.15) is 25.7 Å². The zero-order valence-corrected chi connectivity index (χ0v) is 9.42. The number of aliphatic hydroxyl groups excluding tert-OH is 1. The van der Waals surface area contributed by atoms with Gasteiger partial charge in [0.25, 0.3) is 0 Å². The fourth-order valence-corrected chi connectivity index (χ4v) is 2.18. The van der Waals surface area contributed by atoms with Crippen LogP contribution in [0.4, 0.5) is 0 Å². The van der Waals surface area contributed by atoms with Crippen LogP contribution >= 0.6 is 11.8 Å². The van der Waals surface area contributed by atoms with Crippen molar-refractivity contribution < 1.29 is 9.90 Å². The van der Waals surface area contributed by atoms with Crippen LogP contribution < -0.4 is 5.32 Å². The molecule has 1 aliphatic carbocycles. The van der Waals surface area contributed by atoms with Crippen molar-refractivity contribution in [3.8, 4) is 6.07 Å². The van der Waals surface area contributed by atoms with Crippen LogP contribution in [-0.4, -0.2) is 34.7 Å². The topological polar surface area (TPSA) is 73.1 Å². The third-order valence-electron chi connectivity index (χ3n) is 2.48. The lowest BCUT2D eigenvalue weighted by atomic mass is 9.93. The van der Waals surface area contributed by atoms with Crippen LogP contribution in [-0.2, 0) is 4.79 Å². The maximum absolute atomic E-state index is 11.4. The second-order valence-electron chi connectivity index (χ2n) is 3.68. The molecule has 0 heterocycles. The van der Waals surface area contributed by atoms with E-state index in [2.05, 4.69) is 5.32 Å². The second-order valence-corrected chi connectivity index (χ2v) is 4.66. The standard InChI is InChI=1S/C10H16N2O2S/c11-5-6-15-7-10(14)12-8-3-1-2-4-9(8)13/h8-9,13H,1-4,6-7H2,(H,12,14). The van der Waals surface area contributed by atoms with Crippen molar-refractivity contribution in [2.24, 2.45) is 0 Å². The van der Waals surface area contributed by atoms with Crippen LogP contribution in [0.3, 0.4) is 0 Å². The molecule has 2 atom stereocenters. The minimum Gasteiger partial charge on any atom is -0.391 e. The van der Waals surface area contributed by atoms with Gasteiger partial charge in [-0.1, -0.05) is 12.8 Å². The quantitative estimate of drug-likeness (QED) is 0.693. The Morgan fingerprint density at radius 2 is 2.27 bits per heavy atom. The third-order valence-corrected chi connectivity index (χ3v) is 3.28. The summed E-state index contributed by atoms with van der Waals surface area (Å²) < 4.78 is 0. The van der Waals surface area contributed by atoms with Crippen LogP contribution in [0.5, 0.6) is 0 Å². The molecule has 15 heavy (non-hydrogen) atoms. The molecule has 1 fully saturated rings. The summed E-state index contributed by atoms with van der Waals surface area (Å²) in [5.74, 6) is 0.554. The number of carbonyl (C=O) groups excluding carboxylic acids is 1. The van der Waals surface area contributed by atoms with Gasteiger partial charge in [0.2, 0.25) is 5.91 Å². The average molecular weight is 228 g/mol. The maximum atomic E-state index is 11.4. The van der Waals surface area contributed by atoms with Gasteiger partial charge in [-0.3, -0.25) is 4.79 Å². The predicted molar refractivity (Wildman–Crippen MR) is 59.3 cm³/mol. The van der Waals surface area contributed by atoms with E-state index in [4.69, 9.17) is 5.26 Å². The summed E-state index contributed by atoms with van der Waals surface area (Å²) >= 11 is 1.30. The molecule has 2 N–H and O–H groups in total. The lowest BCUT2D eigenvalue weighted by Crippen LogP contribution is -2.45. The summed E-state index contributed by atoms with van der Waals surface area (Å²) in [4.78, 5) is 11.4. The average Bonchev–Trinajstić information content (AvgIpc) is 2.22. The van der Waals surface area contributed by atoms with E-state index >= 15 is 0 Å². The number of nitriles is 1. The minimum atomic E-state index is -0.399. The van der Waals surface area contributed by atoms with Crippen molar-refractivity contribution in [3.05, 3.63) is 0 Å². The van der Waals surface area contributed by atoms with Crippen LogP contribution in [0.2, 0.25) is 0 Å². The Balaban J connectivity index is 2.21. The number of nitrogens with zero attached hydrogens (tertiary/aromatic N) is 1. The lowest BCUT2D eigenvalue weighted by Gasteiger charge is -2.28. The summed E-state index contributed by atoms with van der Waals surface area (Å²) in [6.45, 7) is 0. The highest BCUT2D eigenvalue weighted by molar-refractivity contribution is 8.00. The highest BCUT2D eigenvalue weighted by Gasteiger charge is 2.24. The SMILES string of the molecule is N#CCSCC(=O)NC1CCCCC1O. The normalized spacial score (nSPS) is 25.6. The molecular weight excluding hydrogens is 212 g/mol. The highest BCUT2D eigenvalue weighted by atomic mass is 32.2. The van der Waals surface area contributed by atoms with Gasteiger partial charge in [0.15, 0.2) is 0 Å². The molecule has 1 aliphatic rings. The molecule has 0 radical (unpaired) electrons. The van der Waals surface area contributed by atoms with Gasteiger partial charge in [-0.25, -0.2) is 0 Å². The van der Waals surface area contributed by atoms with Gasteiger partial charge >= 0.3 is 0 Å². The molecule has 1 saturated carbocycles. The van der Waals surface area contributed by atoms with Crippen molar-refractivity contribution in [3.63, 3.8) is 0 Å².